The lowest BCUT2D eigenvalue weighted by atomic mass is 10.1. The van der Waals surface area contributed by atoms with Gasteiger partial charge in [-0.25, -0.2) is 9.78 Å². The molecule has 0 fully saturated rings. The number of nitrogens with one attached hydrogen (secondary N) is 2. The summed E-state index contributed by atoms with van der Waals surface area (Å²) in [6.07, 6.45) is -1.96. The number of oxazole rings is 1. The van der Waals surface area contributed by atoms with Crippen LogP contribution < -0.4 is 15.4 Å². The van der Waals surface area contributed by atoms with Crippen LogP contribution in [0.1, 0.15) is 12.6 Å². The molecule has 12 heteroatoms. The second kappa shape index (κ2) is 7.80. The monoisotopic (exact) mass is 416 g/mol. The number of carbonyl (C=O) groups is 1. The van der Waals surface area contributed by atoms with Crippen molar-refractivity contribution in [2.75, 3.05) is 17.2 Å². The van der Waals surface area contributed by atoms with Gasteiger partial charge in [0.1, 0.15) is 12.0 Å². The van der Waals surface area contributed by atoms with Crippen molar-refractivity contribution in [2.24, 2.45) is 0 Å². The highest BCUT2D eigenvalue weighted by atomic mass is 35.5. The molecule has 8 nitrogen and oxygen atoms in total. The Morgan fingerprint density at radius 2 is 2.07 bits per heavy atom. The Hall–Kier alpha value is -3.21. The molecule has 28 heavy (non-hydrogen) atoms. The summed E-state index contributed by atoms with van der Waals surface area (Å²) in [4.78, 5) is 16.2. The van der Waals surface area contributed by atoms with Crippen molar-refractivity contribution >= 4 is 29.2 Å². The second-order valence-corrected chi connectivity index (χ2v) is 5.66. The number of hydrogen-bond donors (Lipinski definition) is 2. The maximum absolute atomic E-state index is 12.5. The van der Waals surface area contributed by atoms with Crippen LogP contribution in [0.4, 0.5) is 29.5 Å². The van der Waals surface area contributed by atoms with Crippen LogP contribution in [0.2, 0.25) is 5.02 Å². The Kier molecular flexibility index (Phi) is 5.45. The van der Waals surface area contributed by atoms with Gasteiger partial charge in [-0.05, 0) is 19.1 Å². The summed E-state index contributed by atoms with van der Waals surface area (Å²) in [5, 5.41) is 7.60. The molecule has 0 aliphatic rings. The molecule has 148 valence electrons. The van der Waals surface area contributed by atoms with Gasteiger partial charge in [0, 0.05) is 6.07 Å². The van der Waals surface area contributed by atoms with E-state index in [1.54, 1.807) is 6.92 Å². The highest BCUT2D eigenvalue weighted by Gasteiger charge is 2.35. The molecule has 0 bridgehead atoms. The number of carbonyl (C=O) groups excluding carboxylic acids is 1. The molecule has 0 atom stereocenters. The van der Waals surface area contributed by atoms with Crippen LogP contribution in [0.3, 0.4) is 0 Å². The summed E-state index contributed by atoms with van der Waals surface area (Å²) >= 11 is 6.14. The van der Waals surface area contributed by atoms with Crippen LogP contribution in [0, 0.1) is 0 Å². The Morgan fingerprint density at radius 3 is 2.68 bits per heavy atom. The Bertz CT molecular complexity index is 973. The van der Waals surface area contributed by atoms with Crippen LogP contribution in [-0.4, -0.2) is 22.8 Å². The van der Waals surface area contributed by atoms with E-state index in [9.17, 15) is 18.0 Å². The smallest absolute Gasteiger partial charge is 0.436 e. The molecular formula is C16H12ClF3N4O4. The SMILES string of the molecule is CCOc1cc(-c2ncco2)c(NC(=O)Nc2cc(C(F)(F)F)no2)cc1Cl. The number of rotatable bonds is 5. The highest BCUT2D eigenvalue weighted by Crippen LogP contribution is 2.37. The molecule has 0 radical (unpaired) electrons. The third-order valence-corrected chi connectivity index (χ3v) is 3.62. The zero-order valence-electron chi connectivity index (χ0n) is 14.1. The fraction of sp³-hybridized carbons (Fsp3) is 0.188. The van der Waals surface area contributed by atoms with Gasteiger partial charge < -0.3 is 19.0 Å². The van der Waals surface area contributed by atoms with Crippen molar-refractivity contribution in [3.8, 4) is 17.2 Å². The lowest BCUT2D eigenvalue weighted by Crippen LogP contribution is -2.19. The number of amides is 2. The number of aromatic nitrogens is 2. The third kappa shape index (κ3) is 4.36. The van der Waals surface area contributed by atoms with E-state index in [4.69, 9.17) is 20.8 Å². The molecule has 3 rings (SSSR count). The molecule has 0 spiro atoms. The van der Waals surface area contributed by atoms with Crippen LogP contribution in [0.5, 0.6) is 5.75 Å². The van der Waals surface area contributed by atoms with Gasteiger partial charge in [0.15, 0.2) is 5.69 Å². The zero-order valence-corrected chi connectivity index (χ0v) is 14.9. The predicted molar refractivity (Wildman–Crippen MR) is 92.3 cm³/mol. The summed E-state index contributed by atoms with van der Waals surface area (Å²) in [5.74, 6) is 0.0276. The van der Waals surface area contributed by atoms with Crippen molar-refractivity contribution in [2.45, 2.75) is 13.1 Å². The number of hydrogen-bond acceptors (Lipinski definition) is 6. The number of anilines is 2. The highest BCUT2D eigenvalue weighted by molar-refractivity contribution is 6.32. The lowest BCUT2D eigenvalue weighted by molar-refractivity contribution is -0.142. The van der Waals surface area contributed by atoms with Crippen molar-refractivity contribution < 1.29 is 31.6 Å². The van der Waals surface area contributed by atoms with E-state index >= 15 is 0 Å². The lowest BCUT2D eigenvalue weighted by Gasteiger charge is -2.13. The first kappa shape index (κ1) is 19.5. The van der Waals surface area contributed by atoms with Gasteiger partial charge in [-0.2, -0.15) is 13.2 Å². The third-order valence-electron chi connectivity index (χ3n) is 3.32. The summed E-state index contributed by atoms with van der Waals surface area (Å²) in [6.45, 7) is 2.12. The number of alkyl halides is 3. The Morgan fingerprint density at radius 1 is 1.29 bits per heavy atom. The summed E-state index contributed by atoms with van der Waals surface area (Å²) in [6, 6.07) is 2.58. The normalized spacial score (nSPS) is 11.3. The molecule has 2 N–H and O–H groups in total. The fourth-order valence-corrected chi connectivity index (χ4v) is 2.41. The summed E-state index contributed by atoms with van der Waals surface area (Å²) in [7, 11) is 0. The minimum absolute atomic E-state index is 0.173. The van der Waals surface area contributed by atoms with Crippen LogP contribution in [0.15, 0.2) is 39.6 Å². The van der Waals surface area contributed by atoms with Gasteiger partial charge in [0.25, 0.3) is 0 Å². The second-order valence-electron chi connectivity index (χ2n) is 5.25. The van der Waals surface area contributed by atoms with E-state index in [-0.39, 0.29) is 16.6 Å². The molecule has 2 aromatic heterocycles. The molecule has 0 aliphatic carbocycles. The molecular weight excluding hydrogens is 405 g/mol. The average molecular weight is 417 g/mol. The Balaban J connectivity index is 1.83. The van der Waals surface area contributed by atoms with Crippen molar-refractivity contribution in [1.29, 1.82) is 0 Å². The molecule has 2 heterocycles. The minimum Gasteiger partial charge on any atom is -0.492 e. The van der Waals surface area contributed by atoms with Gasteiger partial charge in [0.2, 0.25) is 11.8 Å². The van der Waals surface area contributed by atoms with E-state index in [2.05, 4.69) is 25.3 Å². The fourth-order valence-electron chi connectivity index (χ4n) is 2.19. The first-order valence-electron chi connectivity index (χ1n) is 7.76. The predicted octanol–water partition coefficient (Wildman–Crippen LogP) is 5.04. The van der Waals surface area contributed by atoms with Crippen LogP contribution in [0.25, 0.3) is 11.5 Å². The topological polar surface area (TPSA) is 102 Å². The number of urea groups is 1. The van der Waals surface area contributed by atoms with Crippen molar-refractivity contribution in [3.05, 3.63) is 41.4 Å². The van der Waals surface area contributed by atoms with Crippen molar-refractivity contribution in [1.82, 2.24) is 10.1 Å². The quantitative estimate of drug-likeness (QED) is 0.603. The first-order valence-corrected chi connectivity index (χ1v) is 8.14. The molecule has 1 aromatic carbocycles. The van der Waals surface area contributed by atoms with Crippen molar-refractivity contribution in [3.63, 3.8) is 0 Å². The molecule has 0 saturated carbocycles. The van der Waals surface area contributed by atoms with Gasteiger partial charge in [-0.3, -0.25) is 5.32 Å². The molecule has 0 saturated heterocycles. The van der Waals surface area contributed by atoms with E-state index in [0.29, 0.717) is 24.0 Å². The molecule has 3 aromatic rings. The maximum Gasteiger partial charge on any atom is 0.436 e. The number of halogens is 4. The van der Waals surface area contributed by atoms with Gasteiger partial charge in [-0.1, -0.05) is 16.8 Å². The first-order chi connectivity index (χ1) is 13.3. The maximum atomic E-state index is 12.5. The summed E-state index contributed by atoms with van der Waals surface area (Å²) < 4.78 is 52.7. The van der Waals surface area contributed by atoms with Crippen LogP contribution in [-0.2, 0) is 6.18 Å². The van der Waals surface area contributed by atoms with E-state index in [1.165, 1.54) is 24.6 Å². The minimum atomic E-state index is -4.69. The van der Waals surface area contributed by atoms with E-state index in [1.807, 2.05) is 0 Å². The number of ether oxygens (including phenoxy) is 1. The van der Waals surface area contributed by atoms with Gasteiger partial charge in [0.05, 0.1) is 29.1 Å². The standard InChI is InChI=1S/C16H12ClF3N4O4/c1-2-26-11-5-8(14-21-3-4-27-14)10(6-9(11)17)22-15(25)23-13-7-12(24-28-13)16(18,19)20/h3-7H,2H2,1H3,(H2,22,23,25). The summed E-state index contributed by atoms with van der Waals surface area (Å²) in [5.41, 5.74) is -0.738. The average Bonchev–Trinajstić information content (AvgIpc) is 3.28. The number of nitrogens with zero attached hydrogens (tertiary/aromatic N) is 2. The van der Waals surface area contributed by atoms with Gasteiger partial charge >= 0.3 is 12.2 Å². The molecule has 0 aliphatic heterocycles. The van der Waals surface area contributed by atoms with Gasteiger partial charge in [-0.15, -0.1) is 0 Å². The van der Waals surface area contributed by atoms with E-state index in [0.717, 1.165) is 0 Å². The largest absolute Gasteiger partial charge is 0.492 e. The molecule has 2 amide bonds. The van der Waals surface area contributed by atoms with E-state index < -0.39 is 23.8 Å². The molecule has 0 unspecified atom stereocenters. The number of benzene rings is 1. The Labute approximate surface area is 160 Å². The van der Waals surface area contributed by atoms with Crippen LogP contribution >= 0.6 is 11.6 Å². The zero-order chi connectivity index (χ0) is 20.3.